The molecule has 148 valence electrons. The molecule has 5 heteroatoms. The first kappa shape index (κ1) is 21.3. The molecule has 3 rings (SSSR count). The van der Waals surface area contributed by atoms with Gasteiger partial charge in [-0.15, -0.1) is 0 Å². The molecule has 2 aromatic rings. The summed E-state index contributed by atoms with van der Waals surface area (Å²) in [6.07, 6.45) is 9.10. The van der Waals surface area contributed by atoms with Gasteiger partial charge in [0.05, 0.1) is 0 Å². The number of carbonyl (C=O) groups is 1. The second kappa shape index (κ2) is 10.9. The van der Waals surface area contributed by atoms with Crippen molar-refractivity contribution in [2.24, 2.45) is 0 Å². The van der Waals surface area contributed by atoms with Gasteiger partial charge in [0.25, 0.3) is 5.91 Å². The summed E-state index contributed by atoms with van der Waals surface area (Å²) in [5.41, 5.74) is 2.88. The van der Waals surface area contributed by atoms with Gasteiger partial charge in [-0.05, 0) is 74.3 Å². The van der Waals surface area contributed by atoms with Gasteiger partial charge in [0.2, 0.25) is 0 Å². The molecule has 0 aromatic heterocycles. The van der Waals surface area contributed by atoms with Crippen molar-refractivity contribution >= 4 is 49.9 Å². The first-order valence-electron chi connectivity index (χ1n) is 9.85. The van der Waals surface area contributed by atoms with E-state index in [1.54, 1.807) is 0 Å². The lowest BCUT2D eigenvalue weighted by molar-refractivity contribution is 0.0951. The zero-order valence-electron chi connectivity index (χ0n) is 16.0. The molecule has 3 nitrogen and oxygen atoms in total. The number of hydrogen-bond donors (Lipinski definition) is 1. The number of rotatable bonds is 7. The molecule has 0 spiro atoms. The van der Waals surface area contributed by atoms with E-state index in [1.807, 2.05) is 42.5 Å². The van der Waals surface area contributed by atoms with Crippen LogP contribution in [0.3, 0.4) is 0 Å². The summed E-state index contributed by atoms with van der Waals surface area (Å²) < 4.78 is 2.08. The van der Waals surface area contributed by atoms with Gasteiger partial charge >= 0.3 is 0 Å². The highest BCUT2D eigenvalue weighted by Gasteiger charge is 2.10. The van der Waals surface area contributed by atoms with Crippen LogP contribution in [0.4, 0.5) is 0 Å². The normalized spacial score (nSPS) is 15.1. The second-order valence-electron chi connectivity index (χ2n) is 7.13. The average molecular weight is 506 g/mol. The van der Waals surface area contributed by atoms with E-state index in [9.17, 15) is 4.79 Å². The van der Waals surface area contributed by atoms with Gasteiger partial charge in [0.1, 0.15) is 0 Å². The van der Waals surface area contributed by atoms with E-state index in [-0.39, 0.29) is 5.91 Å². The summed E-state index contributed by atoms with van der Waals surface area (Å²) in [4.78, 5) is 14.8. The molecular weight excluding hydrogens is 480 g/mol. The van der Waals surface area contributed by atoms with Crippen molar-refractivity contribution in [3.8, 4) is 0 Å². The molecule has 1 heterocycles. The summed E-state index contributed by atoms with van der Waals surface area (Å²) in [5.74, 6) is 0.00447. The number of nitrogens with one attached hydrogen (secondary N) is 1. The maximum absolute atomic E-state index is 12.3. The van der Waals surface area contributed by atoms with E-state index in [0.717, 1.165) is 39.6 Å². The Labute approximate surface area is 184 Å². The summed E-state index contributed by atoms with van der Waals surface area (Å²) in [5, 5.41) is 3.03. The highest BCUT2D eigenvalue weighted by molar-refractivity contribution is 9.11. The zero-order chi connectivity index (χ0) is 19.8. The zero-order valence-corrected chi connectivity index (χ0v) is 19.1. The SMILES string of the molecule is O=C(NCCCN1CCCCC1)c1ccc(/C=C/c2ccc(Br)cc2Br)cc1. The van der Waals surface area contributed by atoms with Crippen LogP contribution in [0.1, 0.15) is 47.2 Å². The number of nitrogens with zero attached hydrogens (tertiary/aromatic N) is 1. The van der Waals surface area contributed by atoms with E-state index in [1.165, 1.54) is 32.4 Å². The molecule has 2 aromatic carbocycles. The Kier molecular flexibility index (Phi) is 8.31. The Bertz CT molecular complexity index is 812. The Hall–Kier alpha value is -1.43. The van der Waals surface area contributed by atoms with Gasteiger partial charge in [-0.1, -0.05) is 68.6 Å². The van der Waals surface area contributed by atoms with Crippen molar-refractivity contribution in [1.29, 1.82) is 0 Å². The van der Waals surface area contributed by atoms with Crippen LogP contribution in [0, 0.1) is 0 Å². The van der Waals surface area contributed by atoms with Crippen molar-refractivity contribution in [2.45, 2.75) is 25.7 Å². The Morgan fingerprint density at radius 2 is 1.75 bits per heavy atom. The Morgan fingerprint density at radius 1 is 1.00 bits per heavy atom. The molecule has 0 radical (unpaired) electrons. The molecule has 1 saturated heterocycles. The fourth-order valence-electron chi connectivity index (χ4n) is 3.36. The van der Waals surface area contributed by atoms with Crippen LogP contribution < -0.4 is 5.32 Å². The van der Waals surface area contributed by atoms with Crippen molar-refractivity contribution in [1.82, 2.24) is 10.2 Å². The third-order valence-corrected chi connectivity index (χ3v) is 6.16. The maximum atomic E-state index is 12.3. The number of carbonyl (C=O) groups excluding carboxylic acids is 1. The first-order chi connectivity index (χ1) is 13.6. The van der Waals surface area contributed by atoms with Gasteiger partial charge in [-0.2, -0.15) is 0 Å². The molecule has 0 atom stereocenters. The van der Waals surface area contributed by atoms with Crippen molar-refractivity contribution < 1.29 is 4.79 Å². The minimum atomic E-state index is 0.00447. The van der Waals surface area contributed by atoms with Crippen LogP contribution in [0.5, 0.6) is 0 Å². The lowest BCUT2D eigenvalue weighted by Gasteiger charge is -2.26. The van der Waals surface area contributed by atoms with E-state index >= 15 is 0 Å². The highest BCUT2D eigenvalue weighted by Crippen LogP contribution is 2.23. The minimum Gasteiger partial charge on any atom is -0.352 e. The molecule has 1 fully saturated rings. The number of amides is 1. The first-order valence-corrected chi connectivity index (χ1v) is 11.4. The predicted molar refractivity (Wildman–Crippen MR) is 124 cm³/mol. The van der Waals surface area contributed by atoms with Gasteiger partial charge in [-0.3, -0.25) is 4.79 Å². The largest absolute Gasteiger partial charge is 0.352 e. The summed E-state index contributed by atoms with van der Waals surface area (Å²) >= 11 is 7.03. The number of hydrogen-bond acceptors (Lipinski definition) is 2. The van der Waals surface area contributed by atoms with E-state index < -0.39 is 0 Å². The lowest BCUT2D eigenvalue weighted by Crippen LogP contribution is -2.33. The van der Waals surface area contributed by atoms with Gasteiger partial charge in [0.15, 0.2) is 0 Å². The molecular formula is C23H26Br2N2O. The topological polar surface area (TPSA) is 32.3 Å². The molecule has 0 aliphatic carbocycles. The predicted octanol–water partition coefficient (Wildman–Crippen LogP) is 5.99. The molecule has 1 N–H and O–H groups in total. The number of benzene rings is 2. The van der Waals surface area contributed by atoms with E-state index in [4.69, 9.17) is 0 Å². The van der Waals surface area contributed by atoms with Crippen molar-refractivity contribution in [3.05, 3.63) is 68.1 Å². The summed E-state index contributed by atoms with van der Waals surface area (Å²) in [6.45, 7) is 4.23. The summed E-state index contributed by atoms with van der Waals surface area (Å²) in [7, 11) is 0. The van der Waals surface area contributed by atoms with Gasteiger partial charge in [-0.25, -0.2) is 0 Å². The fraction of sp³-hybridized carbons (Fsp3) is 0.348. The molecule has 28 heavy (non-hydrogen) atoms. The smallest absolute Gasteiger partial charge is 0.251 e. The number of halogens is 2. The Balaban J connectivity index is 1.46. The Morgan fingerprint density at radius 3 is 2.46 bits per heavy atom. The second-order valence-corrected chi connectivity index (χ2v) is 8.90. The molecule has 1 aliphatic rings. The van der Waals surface area contributed by atoms with Crippen LogP contribution in [0.25, 0.3) is 12.2 Å². The fourth-order valence-corrected chi connectivity index (χ4v) is 4.54. The van der Waals surface area contributed by atoms with Crippen LogP contribution in [-0.4, -0.2) is 37.0 Å². The lowest BCUT2D eigenvalue weighted by atomic mass is 10.1. The number of likely N-dealkylation sites (tertiary alicyclic amines) is 1. The van der Waals surface area contributed by atoms with Gasteiger partial charge < -0.3 is 10.2 Å². The van der Waals surface area contributed by atoms with Gasteiger partial charge in [0, 0.05) is 21.1 Å². The standard InChI is InChI=1S/C23H26Br2N2O/c24-21-12-11-19(22(25)17-21)8-5-18-6-9-20(10-7-18)23(28)26-13-4-16-27-14-2-1-3-15-27/h5-12,17H,1-4,13-16H2,(H,26,28)/b8-5+. The van der Waals surface area contributed by atoms with E-state index in [2.05, 4.69) is 54.2 Å². The quantitative estimate of drug-likeness (QED) is 0.370. The number of piperidine rings is 1. The molecule has 0 saturated carbocycles. The molecule has 1 aliphatic heterocycles. The molecule has 1 amide bonds. The minimum absolute atomic E-state index is 0.00447. The van der Waals surface area contributed by atoms with Crippen LogP contribution >= 0.6 is 31.9 Å². The summed E-state index contributed by atoms with van der Waals surface area (Å²) in [6, 6.07) is 13.8. The molecule has 0 unspecified atom stereocenters. The van der Waals surface area contributed by atoms with Crippen molar-refractivity contribution in [3.63, 3.8) is 0 Å². The van der Waals surface area contributed by atoms with Crippen molar-refractivity contribution in [2.75, 3.05) is 26.2 Å². The molecule has 0 bridgehead atoms. The van der Waals surface area contributed by atoms with Crippen LogP contribution in [-0.2, 0) is 0 Å². The van der Waals surface area contributed by atoms with Crippen LogP contribution in [0.2, 0.25) is 0 Å². The third-order valence-electron chi connectivity index (χ3n) is 4.98. The third kappa shape index (κ3) is 6.57. The highest BCUT2D eigenvalue weighted by atomic mass is 79.9. The van der Waals surface area contributed by atoms with Crippen LogP contribution in [0.15, 0.2) is 51.4 Å². The average Bonchev–Trinajstić information content (AvgIpc) is 2.71. The van der Waals surface area contributed by atoms with E-state index in [0.29, 0.717) is 5.56 Å². The monoisotopic (exact) mass is 504 g/mol. The maximum Gasteiger partial charge on any atom is 0.251 e.